The van der Waals surface area contributed by atoms with Gasteiger partial charge in [-0.1, -0.05) is 17.4 Å². The number of rotatable bonds is 7. The SMILES string of the molecule is CN(C)C(=O)N1CC=C(c2cc(SNC3(CF)CC3)cn3c(-c4nnc(C5(C#N)CC5)s4)cnc23)CC1. The van der Waals surface area contributed by atoms with Gasteiger partial charge in [0.05, 0.1) is 17.8 Å². The summed E-state index contributed by atoms with van der Waals surface area (Å²) in [6, 6.07) is 4.48. The van der Waals surface area contributed by atoms with Gasteiger partial charge in [0, 0.05) is 43.8 Å². The minimum atomic E-state index is -0.486. The van der Waals surface area contributed by atoms with Crippen LogP contribution in [-0.4, -0.2) is 74.8 Å². The first-order valence-electron chi connectivity index (χ1n) is 12.3. The van der Waals surface area contributed by atoms with Crippen molar-refractivity contribution in [2.45, 2.75) is 48.0 Å². The molecule has 37 heavy (non-hydrogen) atoms. The Kier molecular flexibility index (Phi) is 5.97. The zero-order chi connectivity index (χ0) is 25.8. The number of carbonyl (C=O) groups is 1. The summed E-state index contributed by atoms with van der Waals surface area (Å²) in [5.74, 6) is 0. The van der Waals surface area contributed by atoms with Crippen molar-refractivity contribution in [2.75, 3.05) is 33.9 Å². The maximum Gasteiger partial charge on any atom is 0.319 e. The van der Waals surface area contributed by atoms with Crippen LogP contribution in [0.25, 0.3) is 21.9 Å². The molecule has 2 amide bonds. The zero-order valence-corrected chi connectivity index (χ0v) is 22.3. The largest absolute Gasteiger partial charge is 0.331 e. The molecule has 2 saturated carbocycles. The lowest BCUT2D eigenvalue weighted by atomic mass is 10.0. The number of imidazole rings is 1. The van der Waals surface area contributed by atoms with Crippen molar-refractivity contribution in [3.63, 3.8) is 0 Å². The van der Waals surface area contributed by atoms with Crippen molar-refractivity contribution in [1.29, 1.82) is 5.26 Å². The van der Waals surface area contributed by atoms with Gasteiger partial charge < -0.3 is 9.80 Å². The molecular formula is C25H27FN8OS2. The van der Waals surface area contributed by atoms with E-state index in [1.54, 1.807) is 25.2 Å². The van der Waals surface area contributed by atoms with E-state index in [0.717, 1.165) is 58.1 Å². The van der Waals surface area contributed by atoms with Crippen molar-refractivity contribution in [3.05, 3.63) is 35.1 Å². The number of aromatic nitrogens is 4. The second kappa shape index (κ2) is 9.08. The number of alkyl halides is 1. The third-order valence-electron chi connectivity index (χ3n) is 7.30. The summed E-state index contributed by atoms with van der Waals surface area (Å²) in [7, 11) is 3.52. The molecule has 4 heterocycles. The molecule has 3 aliphatic rings. The number of fused-ring (bicyclic) bond motifs is 1. The van der Waals surface area contributed by atoms with E-state index in [-0.39, 0.29) is 12.7 Å². The van der Waals surface area contributed by atoms with E-state index in [1.807, 2.05) is 15.5 Å². The monoisotopic (exact) mass is 538 g/mol. The van der Waals surface area contributed by atoms with Crippen LogP contribution in [0.3, 0.4) is 0 Å². The first kappa shape index (κ1) is 24.3. The number of nitrogens with one attached hydrogen (secondary N) is 1. The molecule has 0 saturated heterocycles. The topological polar surface area (TPSA) is 102 Å². The first-order valence-corrected chi connectivity index (χ1v) is 13.9. The lowest BCUT2D eigenvalue weighted by molar-refractivity contribution is 0.176. The summed E-state index contributed by atoms with van der Waals surface area (Å²) in [5, 5.41) is 19.8. The molecule has 1 N–H and O–H groups in total. The van der Waals surface area contributed by atoms with Crippen LogP contribution in [0, 0.1) is 11.3 Å². The Balaban J connectivity index is 1.38. The van der Waals surface area contributed by atoms with Gasteiger partial charge >= 0.3 is 6.03 Å². The highest BCUT2D eigenvalue weighted by Crippen LogP contribution is 2.49. The second-order valence-electron chi connectivity index (χ2n) is 10.3. The van der Waals surface area contributed by atoms with Crippen molar-refractivity contribution in [1.82, 2.24) is 34.1 Å². The van der Waals surface area contributed by atoms with Gasteiger partial charge in [0.15, 0.2) is 5.01 Å². The Bertz CT molecular complexity index is 1450. The van der Waals surface area contributed by atoms with Crippen LogP contribution in [0.2, 0.25) is 0 Å². The zero-order valence-electron chi connectivity index (χ0n) is 20.7. The minimum absolute atomic E-state index is 0.00381. The summed E-state index contributed by atoms with van der Waals surface area (Å²) in [6.45, 7) is 0.766. The highest BCUT2D eigenvalue weighted by Gasteiger charge is 2.48. The quantitative estimate of drug-likeness (QED) is 0.448. The molecule has 0 aromatic carbocycles. The van der Waals surface area contributed by atoms with Gasteiger partial charge in [0.1, 0.15) is 28.4 Å². The van der Waals surface area contributed by atoms with Crippen molar-refractivity contribution < 1.29 is 9.18 Å². The fourth-order valence-corrected chi connectivity index (χ4v) is 6.46. The van der Waals surface area contributed by atoms with E-state index in [9.17, 15) is 14.4 Å². The second-order valence-corrected chi connectivity index (χ2v) is 12.1. The summed E-state index contributed by atoms with van der Waals surface area (Å²) in [4.78, 5) is 21.5. The van der Waals surface area contributed by atoms with Crippen molar-refractivity contribution >= 4 is 40.5 Å². The van der Waals surface area contributed by atoms with E-state index in [2.05, 4.69) is 33.1 Å². The average Bonchev–Trinajstić information content (AvgIpc) is 3.80. The standard InChI is InChI=1S/C25H27FN8OS2/c1-32(2)23(35)33-9-3-16(4-10-33)18-11-17(37-31-25(14-26)7-8-25)13-34-19(12-28-20(18)34)21-29-30-22(36-21)24(15-27)5-6-24/h3,11-13,31H,4-10,14H2,1-2H3. The molecule has 0 spiro atoms. The fourth-order valence-electron chi connectivity index (χ4n) is 4.48. The molecule has 12 heteroatoms. The normalized spacial score (nSPS) is 19.4. The lowest BCUT2D eigenvalue weighted by Gasteiger charge is -2.29. The number of pyridine rings is 1. The number of hydrogen-bond donors (Lipinski definition) is 1. The molecular weight excluding hydrogens is 511 g/mol. The molecule has 6 rings (SSSR count). The minimum Gasteiger partial charge on any atom is -0.331 e. The molecule has 9 nitrogen and oxygen atoms in total. The van der Waals surface area contributed by atoms with Crippen molar-refractivity contribution in [2.24, 2.45) is 0 Å². The molecule has 0 atom stereocenters. The summed E-state index contributed by atoms with van der Waals surface area (Å²) in [6.07, 6.45) is 9.89. The Morgan fingerprint density at radius 1 is 1.32 bits per heavy atom. The Morgan fingerprint density at radius 3 is 2.76 bits per heavy atom. The average molecular weight is 539 g/mol. The predicted octanol–water partition coefficient (Wildman–Crippen LogP) is 4.28. The molecule has 2 fully saturated rings. The Hall–Kier alpha value is -3.01. The smallest absolute Gasteiger partial charge is 0.319 e. The highest BCUT2D eigenvalue weighted by atomic mass is 32.2. The van der Waals surface area contributed by atoms with Crippen LogP contribution in [0.1, 0.15) is 42.7 Å². The van der Waals surface area contributed by atoms with Gasteiger partial charge in [-0.15, -0.1) is 10.2 Å². The number of nitrogens with zero attached hydrogens (tertiary/aromatic N) is 7. The summed E-state index contributed by atoms with van der Waals surface area (Å²) >= 11 is 2.88. The highest BCUT2D eigenvalue weighted by molar-refractivity contribution is 7.97. The maximum atomic E-state index is 13.5. The van der Waals surface area contributed by atoms with Crippen LogP contribution in [-0.2, 0) is 5.41 Å². The van der Waals surface area contributed by atoms with Crippen LogP contribution in [0.4, 0.5) is 9.18 Å². The van der Waals surface area contributed by atoms with Gasteiger partial charge in [-0.05, 0) is 55.7 Å². The number of nitriles is 1. The van der Waals surface area contributed by atoms with Gasteiger partial charge in [-0.2, -0.15) is 5.26 Å². The van der Waals surface area contributed by atoms with Gasteiger partial charge in [-0.3, -0.25) is 9.12 Å². The number of carbonyl (C=O) groups excluding carboxylic acids is 1. The maximum absolute atomic E-state index is 13.5. The molecule has 1 aliphatic heterocycles. The lowest BCUT2D eigenvalue weighted by Crippen LogP contribution is -2.41. The molecule has 0 bridgehead atoms. The number of urea groups is 1. The number of halogens is 1. The fraction of sp³-hybridized carbons (Fsp3) is 0.480. The third kappa shape index (κ3) is 4.39. The molecule has 2 aliphatic carbocycles. The third-order valence-corrected chi connectivity index (χ3v) is 9.45. The predicted molar refractivity (Wildman–Crippen MR) is 141 cm³/mol. The van der Waals surface area contributed by atoms with Gasteiger partial charge in [0.2, 0.25) is 0 Å². The molecule has 0 unspecified atom stereocenters. The number of amides is 2. The van der Waals surface area contributed by atoms with E-state index in [1.165, 1.54) is 23.3 Å². The van der Waals surface area contributed by atoms with E-state index in [0.29, 0.717) is 24.5 Å². The first-order chi connectivity index (χ1) is 17.9. The van der Waals surface area contributed by atoms with Gasteiger partial charge in [-0.25, -0.2) is 14.2 Å². The molecule has 3 aromatic rings. The summed E-state index contributed by atoms with van der Waals surface area (Å²) < 4.78 is 18.9. The Morgan fingerprint density at radius 2 is 2.14 bits per heavy atom. The van der Waals surface area contributed by atoms with Crippen LogP contribution >= 0.6 is 23.3 Å². The number of hydrogen-bond acceptors (Lipinski definition) is 8. The van der Waals surface area contributed by atoms with E-state index in [4.69, 9.17) is 4.98 Å². The molecule has 192 valence electrons. The van der Waals surface area contributed by atoms with E-state index < -0.39 is 11.0 Å². The van der Waals surface area contributed by atoms with Crippen LogP contribution in [0.15, 0.2) is 29.4 Å². The summed E-state index contributed by atoms with van der Waals surface area (Å²) in [5.41, 5.74) is 2.80. The van der Waals surface area contributed by atoms with Gasteiger partial charge in [0.25, 0.3) is 0 Å². The molecule has 0 radical (unpaired) electrons. The van der Waals surface area contributed by atoms with Crippen LogP contribution in [0.5, 0.6) is 0 Å². The van der Waals surface area contributed by atoms with E-state index >= 15 is 0 Å². The van der Waals surface area contributed by atoms with Crippen molar-refractivity contribution in [3.8, 4) is 16.8 Å². The molecule has 3 aromatic heterocycles. The van der Waals surface area contributed by atoms with Crippen LogP contribution < -0.4 is 4.72 Å². The Labute approximate surface area is 222 Å².